The number of nitrogens with zero attached hydrogens (tertiary/aromatic N) is 3. The van der Waals surface area contributed by atoms with Crippen molar-refractivity contribution in [2.45, 2.75) is 6.92 Å². The number of benzene rings is 1. The van der Waals surface area contributed by atoms with Crippen molar-refractivity contribution < 1.29 is 24.2 Å². The normalized spacial score (nSPS) is 10.6. The van der Waals surface area contributed by atoms with Gasteiger partial charge >= 0.3 is 5.97 Å². The van der Waals surface area contributed by atoms with Crippen LogP contribution in [0.2, 0.25) is 0 Å². The van der Waals surface area contributed by atoms with Crippen molar-refractivity contribution in [1.29, 1.82) is 0 Å². The highest BCUT2D eigenvalue weighted by Crippen LogP contribution is 2.30. The number of carboxylic acids is 1. The predicted octanol–water partition coefficient (Wildman–Crippen LogP) is 1.90. The number of hydrogen-bond acceptors (Lipinski definition) is 5. The number of nitrogens with one attached hydrogen (secondary N) is 1. The largest absolute Gasteiger partial charge is 0.505 e. The molecule has 0 radical (unpaired) electrons. The smallest absolute Gasteiger partial charge is 0.322 e. The third-order valence-electron chi connectivity index (χ3n) is 3.91. The molecule has 0 fully saturated rings. The van der Waals surface area contributed by atoms with Gasteiger partial charge in [0.05, 0.1) is 11.9 Å². The minimum absolute atomic E-state index is 0.261. The van der Waals surface area contributed by atoms with Crippen LogP contribution in [0.1, 0.15) is 16.1 Å². The van der Waals surface area contributed by atoms with E-state index in [9.17, 15) is 19.1 Å². The molecule has 138 valence electrons. The first-order valence-corrected chi connectivity index (χ1v) is 7.86. The molecule has 0 aliphatic heterocycles. The molecule has 0 unspecified atom stereocenters. The molecular weight excluding hydrogens is 355 g/mol. The molecule has 0 atom stereocenters. The Morgan fingerprint density at radius 1 is 1.22 bits per heavy atom. The number of hydrogen-bond donors (Lipinski definition) is 3. The van der Waals surface area contributed by atoms with Crippen LogP contribution in [-0.4, -0.2) is 43.4 Å². The fraction of sp³-hybridized carbons (Fsp3) is 0.111. The summed E-state index contributed by atoms with van der Waals surface area (Å²) in [4.78, 5) is 26.4. The maximum atomic E-state index is 13.0. The van der Waals surface area contributed by atoms with Gasteiger partial charge in [0.2, 0.25) is 0 Å². The number of carboxylic acid groups (broad SMARTS) is 1. The molecule has 0 bridgehead atoms. The summed E-state index contributed by atoms with van der Waals surface area (Å²) in [6.45, 7) is 1.03. The summed E-state index contributed by atoms with van der Waals surface area (Å²) in [5.41, 5.74) is 1.97. The fourth-order valence-corrected chi connectivity index (χ4v) is 2.49. The Kier molecular flexibility index (Phi) is 4.84. The molecule has 0 saturated carbocycles. The molecule has 0 spiro atoms. The highest BCUT2D eigenvalue weighted by molar-refractivity contribution is 5.97. The lowest BCUT2D eigenvalue weighted by Crippen LogP contribution is -2.30. The molecular formula is C18H15FN4O4. The van der Waals surface area contributed by atoms with E-state index in [-0.39, 0.29) is 17.3 Å². The van der Waals surface area contributed by atoms with Gasteiger partial charge in [-0.1, -0.05) is 0 Å². The minimum atomic E-state index is -1.20. The maximum absolute atomic E-state index is 13.0. The molecule has 8 nitrogen and oxygen atoms in total. The topological polar surface area (TPSA) is 117 Å². The van der Waals surface area contributed by atoms with Crippen molar-refractivity contribution in [2.75, 3.05) is 6.54 Å². The highest BCUT2D eigenvalue weighted by atomic mass is 19.1. The molecule has 0 aliphatic carbocycles. The van der Waals surface area contributed by atoms with Gasteiger partial charge in [0.15, 0.2) is 5.69 Å². The zero-order valence-electron chi connectivity index (χ0n) is 14.2. The molecule has 9 heteroatoms. The van der Waals surface area contributed by atoms with Crippen molar-refractivity contribution in [3.8, 4) is 22.6 Å². The predicted molar refractivity (Wildman–Crippen MR) is 93.1 cm³/mol. The van der Waals surface area contributed by atoms with Crippen LogP contribution in [0.5, 0.6) is 5.75 Å². The van der Waals surface area contributed by atoms with E-state index in [1.165, 1.54) is 18.3 Å². The third kappa shape index (κ3) is 3.76. The summed E-state index contributed by atoms with van der Waals surface area (Å²) in [6, 6.07) is 5.79. The summed E-state index contributed by atoms with van der Waals surface area (Å²) >= 11 is 0. The number of rotatable bonds is 5. The molecule has 2 aromatic heterocycles. The molecule has 1 amide bonds. The van der Waals surface area contributed by atoms with Crippen LogP contribution in [0.25, 0.3) is 16.8 Å². The summed E-state index contributed by atoms with van der Waals surface area (Å²) < 4.78 is 14.6. The molecule has 3 aromatic rings. The maximum Gasteiger partial charge on any atom is 0.322 e. The van der Waals surface area contributed by atoms with Crippen molar-refractivity contribution in [1.82, 2.24) is 20.1 Å². The second-order valence-corrected chi connectivity index (χ2v) is 5.72. The summed E-state index contributed by atoms with van der Waals surface area (Å²) in [5, 5.41) is 25.3. The van der Waals surface area contributed by atoms with Crippen molar-refractivity contribution in [2.24, 2.45) is 0 Å². The third-order valence-corrected chi connectivity index (χ3v) is 3.91. The number of pyridine rings is 1. The Labute approximate surface area is 152 Å². The van der Waals surface area contributed by atoms with Gasteiger partial charge in [-0.2, -0.15) is 5.10 Å². The number of carbonyl (C=O) groups excluding carboxylic acids is 1. The fourth-order valence-electron chi connectivity index (χ4n) is 2.49. The van der Waals surface area contributed by atoms with Gasteiger partial charge in [0, 0.05) is 29.1 Å². The van der Waals surface area contributed by atoms with Crippen LogP contribution in [0.3, 0.4) is 0 Å². The van der Waals surface area contributed by atoms with E-state index < -0.39 is 18.4 Å². The molecule has 27 heavy (non-hydrogen) atoms. The zero-order valence-corrected chi connectivity index (χ0v) is 14.2. The van der Waals surface area contributed by atoms with E-state index in [1.54, 1.807) is 36.1 Å². The number of aromatic hydroxyl groups is 1. The second-order valence-electron chi connectivity index (χ2n) is 5.72. The summed E-state index contributed by atoms with van der Waals surface area (Å²) in [5.74, 6) is -2.69. The van der Waals surface area contributed by atoms with Gasteiger partial charge in [0.1, 0.15) is 18.1 Å². The average Bonchev–Trinajstić information content (AvgIpc) is 3.12. The minimum Gasteiger partial charge on any atom is -0.505 e. The molecule has 0 saturated heterocycles. The van der Waals surface area contributed by atoms with Gasteiger partial charge in [0.25, 0.3) is 5.91 Å². The van der Waals surface area contributed by atoms with Crippen LogP contribution in [0.4, 0.5) is 4.39 Å². The Bertz CT molecular complexity index is 1010. The lowest BCUT2D eigenvalue weighted by atomic mass is 10.0. The lowest BCUT2D eigenvalue weighted by molar-refractivity contribution is -0.135. The van der Waals surface area contributed by atoms with Crippen LogP contribution < -0.4 is 5.32 Å². The van der Waals surface area contributed by atoms with Crippen molar-refractivity contribution >= 4 is 11.9 Å². The van der Waals surface area contributed by atoms with Crippen molar-refractivity contribution in [3.05, 3.63) is 59.9 Å². The summed E-state index contributed by atoms with van der Waals surface area (Å²) in [6.07, 6.45) is 4.63. The molecule has 1 aromatic carbocycles. The van der Waals surface area contributed by atoms with Crippen LogP contribution >= 0.6 is 0 Å². The highest BCUT2D eigenvalue weighted by Gasteiger charge is 2.19. The molecule has 3 rings (SSSR count). The van der Waals surface area contributed by atoms with Gasteiger partial charge in [-0.25, -0.2) is 14.1 Å². The van der Waals surface area contributed by atoms with E-state index in [0.717, 1.165) is 0 Å². The number of amides is 1. The summed E-state index contributed by atoms with van der Waals surface area (Å²) in [7, 11) is 0. The van der Waals surface area contributed by atoms with Crippen LogP contribution in [-0.2, 0) is 4.79 Å². The van der Waals surface area contributed by atoms with E-state index in [1.807, 2.05) is 0 Å². The zero-order chi connectivity index (χ0) is 19.6. The quantitative estimate of drug-likeness (QED) is 0.631. The Morgan fingerprint density at radius 3 is 2.59 bits per heavy atom. The Hall–Kier alpha value is -3.75. The van der Waals surface area contributed by atoms with E-state index in [0.29, 0.717) is 22.4 Å². The van der Waals surface area contributed by atoms with Gasteiger partial charge in [-0.3, -0.25) is 9.59 Å². The lowest BCUT2D eigenvalue weighted by Gasteiger charge is -2.10. The Morgan fingerprint density at radius 2 is 1.93 bits per heavy atom. The van der Waals surface area contributed by atoms with E-state index in [2.05, 4.69) is 15.4 Å². The van der Waals surface area contributed by atoms with Gasteiger partial charge < -0.3 is 15.5 Å². The van der Waals surface area contributed by atoms with E-state index >= 15 is 0 Å². The first kappa shape index (κ1) is 18.1. The standard InChI is InChI=1S/C18H15FN4O4/c1-10-14(7-20-16(17(10)26)18(27)21-8-15(24)25)11-6-22-23(9-11)13-4-2-12(19)3-5-13/h2-7,9,26H,8H2,1H3,(H,21,27)(H,24,25). The SMILES string of the molecule is Cc1c(-c2cnn(-c3ccc(F)cc3)c2)cnc(C(=O)NCC(=O)O)c1O. The van der Waals surface area contributed by atoms with Gasteiger partial charge in [-0.05, 0) is 31.2 Å². The first-order valence-electron chi connectivity index (χ1n) is 7.86. The monoisotopic (exact) mass is 370 g/mol. The molecule has 0 aliphatic rings. The number of halogens is 1. The molecule has 3 N–H and O–H groups in total. The van der Waals surface area contributed by atoms with Crippen LogP contribution in [0.15, 0.2) is 42.9 Å². The first-order chi connectivity index (χ1) is 12.9. The number of aliphatic carboxylic acids is 1. The van der Waals surface area contributed by atoms with Gasteiger partial charge in [-0.15, -0.1) is 0 Å². The number of aromatic nitrogens is 3. The van der Waals surface area contributed by atoms with E-state index in [4.69, 9.17) is 5.11 Å². The molecule has 2 heterocycles. The number of carbonyl (C=O) groups is 2. The van der Waals surface area contributed by atoms with Crippen molar-refractivity contribution in [3.63, 3.8) is 0 Å². The van der Waals surface area contributed by atoms with Crippen LogP contribution in [0, 0.1) is 12.7 Å². The second kappa shape index (κ2) is 7.24. The Balaban J connectivity index is 1.90. The average molecular weight is 370 g/mol.